The van der Waals surface area contributed by atoms with Crippen LogP contribution >= 0.6 is 0 Å². The van der Waals surface area contributed by atoms with E-state index in [4.69, 9.17) is 0 Å². The summed E-state index contributed by atoms with van der Waals surface area (Å²) >= 11 is 0. The van der Waals surface area contributed by atoms with Gasteiger partial charge in [0.15, 0.2) is 0 Å². The van der Waals surface area contributed by atoms with Gasteiger partial charge in [-0.15, -0.1) is 0 Å². The van der Waals surface area contributed by atoms with Crippen LogP contribution in [0.15, 0.2) is 60.7 Å². The van der Waals surface area contributed by atoms with Crippen LogP contribution in [0.1, 0.15) is 30.0 Å². The first kappa shape index (κ1) is 15.8. The first-order valence-electron chi connectivity index (χ1n) is 8.34. The van der Waals surface area contributed by atoms with Gasteiger partial charge in [0.1, 0.15) is 0 Å². The van der Waals surface area contributed by atoms with Crippen molar-refractivity contribution in [3.8, 4) is 0 Å². The number of carbonyl (C=O) groups excluding carboxylic acids is 1. The highest BCUT2D eigenvalue weighted by Crippen LogP contribution is 2.25. The maximum atomic E-state index is 12.8. The van der Waals surface area contributed by atoms with Gasteiger partial charge in [-0.2, -0.15) is 0 Å². The molecule has 1 aliphatic heterocycles. The van der Waals surface area contributed by atoms with Crippen molar-refractivity contribution in [1.82, 2.24) is 10.2 Å². The molecule has 0 radical (unpaired) electrons. The minimum absolute atomic E-state index is 0.0259. The number of benzene rings is 2. The summed E-state index contributed by atoms with van der Waals surface area (Å²) in [7, 11) is 1.93. The first-order chi connectivity index (χ1) is 11.3. The molecule has 3 nitrogen and oxygen atoms in total. The summed E-state index contributed by atoms with van der Waals surface area (Å²) < 4.78 is 0. The van der Waals surface area contributed by atoms with E-state index in [0.717, 1.165) is 25.8 Å². The number of rotatable bonds is 5. The molecule has 2 atom stereocenters. The summed E-state index contributed by atoms with van der Waals surface area (Å²) in [6.07, 6.45) is 2.86. The van der Waals surface area contributed by atoms with Crippen LogP contribution in [-0.4, -0.2) is 30.4 Å². The van der Waals surface area contributed by atoms with E-state index >= 15 is 0 Å². The summed E-state index contributed by atoms with van der Waals surface area (Å²) in [6, 6.07) is 20.7. The predicted molar refractivity (Wildman–Crippen MR) is 93.1 cm³/mol. The third kappa shape index (κ3) is 3.80. The molecule has 0 aromatic heterocycles. The lowest BCUT2D eigenvalue weighted by atomic mass is 9.97. The molecule has 1 N–H and O–H groups in total. The maximum Gasteiger partial charge on any atom is 0.239 e. The van der Waals surface area contributed by atoms with Crippen molar-refractivity contribution >= 4 is 5.91 Å². The topological polar surface area (TPSA) is 32.3 Å². The fourth-order valence-electron chi connectivity index (χ4n) is 3.29. The largest absolute Gasteiger partial charge is 0.337 e. The second-order valence-corrected chi connectivity index (χ2v) is 6.21. The zero-order chi connectivity index (χ0) is 16.1. The van der Waals surface area contributed by atoms with Crippen LogP contribution < -0.4 is 5.32 Å². The Hall–Kier alpha value is -2.13. The van der Waals surface area contributed by atoms with Gasteiger partial charge in [-0.1, -0.05) is 60.7 Å². The van der Waals surface area contributed by atoms with Gasteiger partial charge in [0.2, 0.25) is 5.91 Å². The first-order valence-corrected chi connectivity index (χ1v) is 8.34. The lowest BCUT2D eigenvalue weighted by molar-refractivity contribution is -0.134. The highest BCUT2D eigenvalue weighted by Gasteiger charge is 2.29. The van der Waals surface area contributed by atoms with E-state index in [1.165, 1.54) is 11.1 Å². The molecule has 0 aliphatic carbocycles. The molecule has 3 heteroatoms. The molecule has 2 aromatic rings. The van der Waals surface area contributed by atoms with Crippen LogP contribution in [0.2, 0.25) is 0 Å². The standard InChI is InChI=1S/C20H24N2O/c1-22(20(23)18-13-8-14-21-18)19(17-11-6-3-7-12-17)15-16-9-4-2-5-10-16/h2-7,9-12,18-19,21H,8,13-15H2,1H3/t18-,19?/m0/s1. The van der Waals surface area contributed by atoms with Crippen LogP contribution in [0, 0.1) is 0 Å². The van der Waals surface area contributed by atoms with E-state index in [9.17, 15) is 4.79 Å². The number of hydrogen-bond donors (Lipinski definition) is 1. The number of nitrogens with zero attached hydrogens (tertiary/aromatic N) is 1. The Morgan fingerprint density at radius 1 is 1.13 bits per heavy atom. The Morgan fingerprint density at radius 2 is 1.78 bits per heavy atom. The Labute approximate surface area is 138 Å². The SMILES string of the molecule is CN(C(=O)[C@@H]1CCCN1)C(Cc1ccccc1)c1ccccc1. The Kier molecular flexibility index (Phi) is 5.09. The average Bonchev–Trinajstić information content (AvgIpc) is 3.15. The molecular weight excluding hydrogens is 284 g/mol. The molecule has 0 spiro atoms. The molecule has 2 aromatic carbocycles. The van der Waals surface area contributed by atoms with Crippen LogP contribution in [0.4, 0.5) is 0 Å². The summed E-state index contributed by atoms with van der Waals surface area (Å²) in [5.74, 6) is 0.201. The van der Waals surface area contributed by atoms with Gasteiger partial charge in [0.25, 0.3) is 0 Å². The summed E-state index contributed by atoms with van der Waals surface area (Å²) in [5.41, 5.74) is 2.44. The molecule has 0 bridgehead atoms. The third-order valence-electron chi connectivity index (χ3n) is 4.63. The van der Waals surface area contributed by atoms with Gasteiger partial charge in [0.05, 0.1) is 12.1 Å². The molecule has 1 amide bonds. The number of amides is 1. The van der Waals surface area contributed by atoms with Crippen molar-refractivity contribution in [3.05, 3.63) is 71.8 Å². The monoisotopic (exact) mass is 308 g/mol. The molecule has 1 fully saturated rings. The number of carbonyl (C=O) groups is 1. The molecule has 1 aliphatic rings. The minimum Gasteiger partial charge on any atom is -0.337 e. The number of likely N-dealkylation sites (N-methyl/N-ethyl adjacent to an activating group) is 1. The third-order valence-corrected chi connectivity index (χ3v) is 4.63. The minimum atomic E-state index is -0.0259. The Bertz CT molecular complexity index is 621. The zero-order valence-corrected chi connectivity index (χ0v) is 13.6. The molecule has 3 rings (SSSR count). The van der Waals surface area contributed by atoms with Crippen LogP contribution in [-0.2, 0) is 11.2 Å². The van der Waals surface area contributed by atoms with Crippen molar-refractivity contribution in [3.63, 3.8) is 0 Å². The average molecular weight is 308 g/mol. The Morgan fingerprint density at radius 3 is 2.39 bits per heavy atom. The number of nitrogens with one attached hydrogen (secondary N) is 1. The highest BCUT2D eigenvalue weighted by atomic mass is 16.2. The van der Waals surface area contributed by atoms with Crippen molar-refractivity contribution in [2.45, 2.75) is 31.3 Å². The highest BCUT2D eigenvalue weighted by molar-refractivity contribution is 5.82. The molecule has 1 heterocycles. The van der Waals surface area contributed by atoms with E-state index in [2.05, 4.69) is 41.7 Å². The summed E-state index contributed by atoms with van der Waals surface area (Å²) in [4.78, 5) is 14.7. The second kappa shape index (κ2) is 7.42. The van der Waals surface area contributed by atoms with Gasteiger partial charge in [0, 0.05) is 7.05 Å². The molecule has 1 unspecified atom stereocenters. The molecule has 23 heavy (non-hydrogen) atoms. The van der Waals surface area contributed by atoms with E-state index in [1.807, 2.05) is 36.2 Å². The van der Waals surface area contributed by atoms with E-state index in [0.29, 0.717) is 0 Å². The van der Waals surface area contributed by atoms with E-state index in [-0.39, 0.29) is 18.0 Å². The molecule has 120 valence electrons. The van der Waals surface area contributed by atoms with Crippen molar-refractivity contribution in [2.24, 2.45) is 0 Å². The van der Waals surface area contributed by atoms with Crippen molar-refractivity contribution in [1.29, 1.82) is 0 Å². The normalized spacial score (nSPS) is 18.6. The van der Waals surface area contributed by atoms with Gasteiger partial charge in [-0.3, -0.25) is 4.79 Å². The van der Waals surface area contributed by atoms with Crippen LogP contribution in [0.5, 0.6) is 0 Å². The predicted octanol–water partition coefficient (Wildman–Crippen LogP) is 3.18. The lowest BCUT2D eigenvalue weighted by Gasteiger charge is -2.31. The Balaban J connectivity index is 1.83. The molecule has 0 saturated carbocycles. The van der Waals surface area contributed by atoms with Crippen LogP contribution in [0.25, 0.3) is 0 Å². The van der Waals surface area contributed by atoms with Crippen LogP contribution in [0.3, 0.4) is 0 Å². The zero-order valence-electron chi connectivity index (χ0n) is 13.6. The van der Waals surface area contributed by atoms with Gasteiger partial charge in [-0.05, 0) is 36.9 Å². The van der Waals surface area contributed by atoms with Gasteiger partial charge >= 0.3 is 0 Å². The van der Waals surface area contributed by atoms with E-state index < -0.39 is 0 Å². The van der Waals surface area contributed by atoms with Crippen molar-refractivity contribution < 1.29 is 4.79 Å². The quantitative estimate of drug-likeness (QED) is 0.920. The fourth-order valence-corrected chi connectivity index (χ4v) is 3.29. The van der Waals surface area contributed by atoms with Gasteiger partial charge in [-0.25, -0.2) is 0 Å². The smallest absolute Gasteiger partial charge is 0.239 e. The second-order valence-electron chi connectivity index (χ2n) is 6.21. The van der Waals surface area contributed by atoms with Gasteiger partial charge < -0.3 is 10.2 Å². The van der Waals surface area contributed by atoms with Crippen molar-refractivity contribution in [2.75, 3.05) is 13.6 Å². The fraction of sp³-hybridized carbons (Fsp3) is 0.350. The molecular formula is C20H24N2O. The summed E-state index contributed by atoms with van der Waals surface area (Å²) in [6.45, 7) is 0.943. The lowest BCUT2D eigenvalue weighted by Crippen LogP contribution is -2.43. The number of hydrogen-bond acceptors (Lipinski definition) is 2. The maximum absolute atomic E-state index is 12.8. The molecule has 1 saturated heterocycles. The van der Waals surface area contributed by atoms with E-state index in [1.54, 1.807) is 0 Å². The summed E-state index contributed by atoms with van der Waals surface area (Å²) in [5, 5.41) is 3.32.